The first-order valence-electron chi connectivity index (χ1n) is 11.7. The summed E-state index contributed by atoms with van der Waals surface area (Å²) < 4.78 is 50.1. The van der Waals surface area contributed by atoms with Gasteiger partial charge in [-0.25, -0.2) is 15.0 Å². The number of nitrogens with zero attached hydrogens (tertiary/aromatic N) is 5. The summed E-state index contributed by atoms with van der Waals surface area (Å²) in [5.74, 6) is -0.102. The summed E-state index contributed by atoms with van der Waals surface area (Å²) in [4.78, 5) is 28.7. The number of amides is 1. The second-order valence-electron chi connectivity index (χ2n) is 10.3. The molecule has 0 radical (unpaired) electrons. The average molecular weight is 512 g/mol. The van der Waals surface area contributed by atoms with Crippen LogP contribution in [0.15, 0.2) is 36.8 Å². The van der Waals surface area contributed by atoms with Crippen molar-refractivity contribution in [2.24, 2.45) is 5.41 Å². The van der Waals surface area contributed by atoms with Crippen molar-refractivity contribution in [2.75, 3.05) is 12.3 Å². The van der Waals surface area contributed by atoms with Gasteiger partial charge < -0.3 is 20.1 Å². The summed E-state index contributed by atoms with van der Waals surface area (Å²) in [5, 5.41) is 0. The van der Waals surface area contributed by atoms with E-state index in [1.54, 1.807) is 21.7 Å². The second kappa shape index (κ2) is 7.70. The molecule has 3 aromatic heterocycles. The van der Waals surface area contributed by atoms with Crippen molar-refractivity contribution in [1.82, 2.24) is 24.3 Å². The van der Waals surface area contributed by atoms with Crippen LogP contribution >= 0.6 is 0 Å². The molecule has 37 heavy (non-hydrogen) atoms. The van der Waals surface area contributed by atoms with Gasteiger partial charge in [-0.1, -0.05) is 13.8 Å². The number of ether oxygens (including phenoxy) is 2. The number of halogens is 3. The van der Waals surface area contributed by atoms with E-state index in [0.29, 0.717) is 46.6 Å². The number of imidazole rings is 1. The number of hydrogen-bond acceptors (Lipinski definition) is 7. The Kier molecular flexibility index (Phi) is 4.85. The van der Waals surface area contributed by atoms with Gasteiger partial charge in [0.1, 0.15) is 40.7 Å². The summed E-state index contributed by atoms with van der Waals surface area (Å²) >= 11 is 0. The fourth-order valence-corrected chi connectivity index (χ4v) is 5.47. The predicted molar refractivity (Wildman–Crippen MR) is 127 cm³/mol. The molecular formula is C25H23F3N6O3. The molecule has 12 heteroatoms. The van der Waals surface area contributed by atoms with Crippen LogP contribution in [0, 0.1) is 12.3 Å². The molecular weight excluding hydrogens is 489 g/mol. The maximum atomic E-state index is 13.9. The molecule has 2 aliphatic heterocycles. The van der Waals surface area contributed by atoms with Crippen molar-refractivity contribution >= 4 is 28.3 Å². The quantitative estimate of drug-likeness (QED) is 0.423. The average Bonchev–Trinajstić information content (AvgIpc) is 3.36. The molecule has 1 amide bonds. The lowest BCUT2D eigenvalue weighted by Crippen LogP contribution is -2.51. The van der Waals surface area contributed by atoms with Gasteiger partial charge in [0.05, 0.1) is 23.4 Å². The highest BCUT2D eigenvalue weighted by molar-refractivity contribution is 5.96. The number of nitrogens with two attached hydrogens (primary N) is 1. The number of nitrogen functional groups attached to an aromatic ring is 1. The Morgan fingerprint density at radius 1 is 1.24 bits per heavy atom. The van der Waals surface area contributed by atoms with Gasteiger partial charge in [0.15, 0.2) is 5.82 Å². The fourth-order valence-electron chi connectivity index (χ4n) is 5.47. The highest BCUT2D eigenvalue weighted by Gasteiger charge is 2.49. The number of fused-ring (bicyclic) bond motifs is 6. The molecule has 1 saturated heterocycles. The molecule has 2 aliphatic rings. The van der Waals surface area contributed by atoms with E-state index in [-0.39, 0.29) is 28.5 Å². The number of pyridine rings is 1. The minimum absolute atomic E-state index is 0.202. The normalized spacial score (nSPS) is 20.5. The number of carbonyl (C=O) groups excluding carboxylic acids is 1. The van der Waals surface area contributed by atoms with Gasteiger partial charge in [-0.3, -0.25) is 9.20 Å². The van der Waals surface area contributed by atoms with Crippen LogP contribution in [0.3, 0.4) is 0 Å². The van der Waals surface area contributed by atoms with Crippen molar-refractivity contribution in [3.05, 3.63) is 53.7 Å². The Hall–Kier alpha value is -4.09. The van der Waals surface area contributed by atoms with E-state index >= 15 is 0 Å². The van der Waals surface area contributed by atoms with Gasteiger partial charge in [-0.05, 0) is 37.0 Å². The first kappa shape index (κ1) is 23.3. The number of hydrogen-bond donors (Lipinski definition) is 1. The second-order valence-corrected chi connectivity index (χ2v) is 10.3. The van der Waals surface area contributed by atoms with Crippen LogP contribution in [0.25, 0.3) is 16.6 Å². The topological polar surface area (TPSA) is 108 Å². The lowest BCUT2D eigenvalue weighted by atomic mass is 9.78. The number of anilines is 1. The SMILES string of the molecule is Cc1ncn2c1c(N)nc1cnc(C(=O)N3CC(C)(C)CC4Oc5cc(OC(F)(F)F)ccc5[C@@H]43)cc12. The minimum Gasteiger partial charge on any atom is -0.487 e. The summed E-state index contributed by atoms with van der Waals surface area (Å²) in [6.45, 7) is 6.28. The molecule has 0 spiro atoms. The first-order chi connectivity index (χ1) is 17.4. The Morgan fingerprint density at radius 3 is 2.78 bits per heavy atom. The standard InChI is InChI=1S/C25H23F3N6O3/c1-12-20-22(29)32-16-9-30-15(7-17(16)34(20)11-31-12)23(35)33-10-24(2,3)8-19-21(33)14-5-4-13(6-18(14)36-19)37-25(26,27)28/h4-7,9,11,19,21H,8,10H2,1-3H3,(H2,29,32)/t19?,21-/m0/s1. The largest absolute Gasteiger partial charge is 0.573 e. The van der Waals surface area contributed by atoms with Gasteiger partial charge in [0.25, 0.3) is 5.91 Å². The van der Waals surface area contributed by atoms with Crippen molar-refractivity contribution in [3.63, 3.8) is 0 Å². The van der Waals surface area contributed by atoms with E-state index in [2.05, 4.69) is 19.7 Å². The molecule has 1 fully saturated rings. The summed E-state index contributed by atoms with van der Waals surface area (Å²) in [7, 11) is 0. The third-order valence-corrected chi connectivity index (χ3v) is 6.89. The lowest BCUT2D eigenvalue weighted by molar-refractivity contribution is -0.274. The molecule has 9 nitrogen and oxygen atoms in total. The van der Waals surface area contributed by atoms with Crippen molar-refractivity contribution in [1.29, 1.82) is 0 Å². The van der Waals surface area contributed by atoms with Crippen LogP contribution in [-0.4, -0.2) is 49.2 Å². The number of aromatic nitrogens is 4. The zero-order valence-corrected chi connectivity index (χ0v) is 20.2. The molecule has 6 rings (SSSR count). The van der Waals surface area contributed by atoms with Crippen LogP contribution in [0.5, 0.6) is 11.5 Å². The lowest BCUT2D eigenvalue weighted by Gasteiger charge is -2.44. The molecule has 1 unspecified atom stereocenters. The van der Waals surface area contributed by atoms with Crippen LogP contribution in [0.2, 0.25) is 0 Å². The summed E-state index contributed by atoms with van der Waals surface area (Å²) in [6.07, 6.45) is -1.49. The molecule has 192 valence electrons. The zero-order chi connectivity index (χ0) is 26.3. The van der Waals surface area contributed by atoms with Crippen LogP contribution in [0.4, 0.5) is 19.0 Å². The summed E-state index contributed by atoms with van der Waals surface area (Å²) in [5.41, 5.74) is 9.15. The number of likely N-dealkylation sites (tertiary alicyclic amines) is 1. The van der Waals surface area contributed by atoms with Gasteiger partial charge >= 0.3 is 6.36 Å². The maximum absolute atomic E-state index is 13.9. The molecule has 0 aliphatic carbocycles. The summed E-state index contributed by atoms with van der Waals surface area (Å²) in [6, 6.07) is 5.17. The van der Waals surface area contributed by atoms with Crippen molar-refractivity contribution in [3.8, 4) is 11.5 Å². The maximum Gasteiger partial charge on any atom is 0.573 e. The minimum atomic E-state index is -4.82. The molecule has 2 atom stereocenters. The van der Waals surface area contributed by atoms with Gasteiger partial charge in [0, 0.05) is 18.2 Å². The van der Waals surface area contributed by atoms with E-state index in [9.17, 15) is 18.0 Å². The van der Waals surface area contributed by atoms with Gasteiger partial charge in [0.2, 0.25) is 0 Å². The van der Waals surface area contributed by atoms with Gasteiger partial charge in [-0.15, -0.1) is 13.2 Å². The highest BCUT2D eigenvalue weighted by atomic mass is 19.4. The van der Waals surface area contributed by atoms with Crippen LogP contribution < -0.4 is 15.2 Å². The monoisotopic (exact) mass is 512 g/mol. The number of piperidine rings is 1. The number of aryl methyl sites for hydroxylation is 1. The molecule has 2 N–H and O–H groups in total. The third-order valence-electron chi connectivity index (χ3n) is 6.89. The van der Waals surface area contributed by atoms with E-state index in [1.165, 1.54) is 24.4 Å². The highest BCUT2D eigenvalue weighted by Crippen LogP contribution is 2.50. The Morgan fingerprint density at radius 2 is 2.03 bits per heavy atom. The molecule has 5 heterocycles. The zero-order valence-electron chi connectivity index (χ0n) is 20.2. The van der Waals surface area contributed by atoms with E-state index in [1.807, 2.05) is 20.8 Å². The Balaban J connectivity index is 1.41. The van der Waals surface area contributed by atoms with Crippen molar-refractivity contribution < 1.29 is 27.4 Å². The smallest absolute Gasteiger partial charge is 0.487 e. The molecule has 0 bridgehead atoms. The van der Waals surface area contributed by atoms with E-state index < -0.39 is 18.5 Å². The van der Waals surface area contributed by atoms with Crippen LogP contribution in [-0.2, 0) is 0 Å². The van der Waals surface area contributed by atoms with Crippen LogP contribution in [0.1, 0.15) is 48.1 Å². The van der Waals surface area contributed by atoms with E-state index in [0.717, 1.165) is 0 Å². The van der Waals surface area contributed by atoms with E-state index in [4.69, 9.17) is 10.5 Å². The number of alkyl halides is 3. The van der Waals surface area contributed by atoms with Gasteiger partial charge in [-0.2, -0.15) is 0 Å². The number of rotatable bonds is 2. The van der Waals surface area contributed by atoms with Crippen molar-refractivity contribution in [2.45, 2.75) is 45.7 Å². The predicted octanol–water partition coefficient (Wildman–Crippen LogP) is 4.44. The molecule has 1 aromatic carbocycles. The number of carbonyl (C=O) groups is 1. The number of benzene rings is 1. The molecule has 4 aromatic rings. The Bertz CT molecular complexity index is 1580. The third kappa shape index (κ3) is 3.87. The molecule has 0 saturated carbocycles. The fraction of sp³-hybridized carbons (Fsp3) is 0.360. The Labute approximate surface area is 209 Å². The first-order valence-corrected chi connectivity index (χ1v) is 11.7.